The molecule has 0 saturated carbocycles. The van der Waals surface area contributed by atoms with E-state index in [1.807, 2.05) is 12.3 Å². The number of ether oxygens (including phenoxy) is 1. The Labute approximate surface area is 168 Å². The average Bonchev–Trinajstić information content (AvgIpc) is 3.32. The Balaban J connectivity index is 1.44. The molecule has 0 unspecified atom stereocenters. The van der Waals surface area contributed by atoms with E-state index in [1.54, 1.807) is 0 Å². The summed E-state index contributed by atoms with van der Waals surface area (Å²) in [5.74, 6) is 0.524. The van der Waals surface area contributed by atoms with Crippen LogP contribution in [-0.2, 0) is 28.8 Å². The number of anilines is 1. The number of fused-ring (bicyclic) bond motifs is 5. The number of hydrogen-bond donors (Lipinski definition) is 4. The number of aromatic nitrogens is 2. The summed E-state index contributed by atoms with van der Waals surface area (Å²) in [5, 5.41) is 9.23. The number of carbonyl (C=O) groups is 2. The molecule has 0 radical (unpaired) electrons. The number of aromatic amines is 1. The van der Waals surface area contributed by atoms with Crippen molar-refractivity contribution in [2.75, 3.05) is 25.1 Å². The molecule has 2 amide bonds. The first kappa shape index (κ1) is 17.9. The third-order valence-corrected chi connectivity index (χ3v) is 5.90. The lowest BCUT2D eigenvalue weighted by Gasteiger charge is -2.22. The fourth-order valence-corrected chi connectivity index (χ4v) is 4.45. The van der Waals surface area contributed by atoms with Gasteiger partial charge in [0.1, 0.15) is 5.82 Å². The summed E-state index contributed by atoms with van der Waals surface area (Å²) in [6.07, 6.45) is 5.68. The zero-order chi connectivity index (χ0) is 20.0. The minimum absolute atomic E-state index is 0.0171. The van der Waals surface area contributed by atoms with Crippen molar-refractivity contribution in [1.82, 2.24) is 20.6 Å². The molecule has 29 heavy (non-hydrogen) atoms. The van der Waals surface area contributed by atoms with E-state index in [-0.39, 0.29) is 23.9 Å². The van der Waals surface area contributed by atoms with Crippen molar-refractivity contribution in [3.8, 4) is 11.3 Å². The molecule has 150 valence electrons. The Hall–Kier alpha value is -3.13. The number of hydrogen-bond acceptors (Lipinski definition) is 5. The van der Waals surface area contributed by atoms with Crippen molar-refractivity contribution >= 4 is 17.6 Å². The number of amides is 2. The Morgan fingerprint density at radius 3 is 3.00 bits per heavy atom. The molecule has 2 aromatic rings. The fraction of sp³-hybridized carbons (Fsp3) is 0.381. The molecule has 4 heterocycles. The van der Waals surface area contributed by atoms with E-state index in [0.717, 1.165) is 53.2 Å². The Bertz CT molecular complexity index is 1010. The summed E-state index contributed by atoms with van der Waals surface area (Å²) in [6, 6.07) is 1.81. The van der Waals surface area contributed by atoms with Gasteiger partial charge in [0.25, 0.3) is 5.91 Å². The van der Waals surface area contributed by atoms with Crippen LogP contribution in [0.1, 0.15) is 27.2 Å². The fourth-order valence-electron chi connectivity index (χ4n) is 4.45. The lowest BCUT2D eigenvalue weighted by atomic mass is 9.88. The molecular weight excluding hydrogens is 370 g/mol. The van der Waals surface area contributed by atoms with Gasteiger partial charge in [0.05, 0.1) is 36.6 Å². The molecule has 2 atom stereocenters. The van der Waals surface area contributed by atoms with E-state index >= 15 is 0 Å². The van der Waals surface area contributed by atoms with Gasteiger partial charge in [0.15, 0.2) is 0 Å². The second-order valence-corrected chi connectivity index (χ2v) is 7.67. The number of pyridine rings is 1. The highest BCUT2D eigenvalue weighted by atomic mass is 16.5. The molecule has 2 aromatic heterocycles. The Kier molecular flexibility index (Phi) is 4.35. The molecule has 5 rings (SSSR count). The van der Waals surface area contributed by atoms with Gasteiger partial charge in [0, 0.05) is 30.4 Å². The molecule has 1 fully saturated rings. The summed E-state index contributed by atoms with van der Waals surface area (Å²) in [7, 11) is 0. The van der Waals surface area contributed by atoms with Crippen LogP contribution in [0, 0.1) is 0 Å². The van der Waals surface area contributed by atoms with E-state index in [9.17, 15) is 9.59 Å². The summed E-state index contributed by atoms with van der Waals surface area (Å²) in [4.78, 5) is 32.1. The number of carbonyl (C=O) groups excluding carboxylic acids is 2. The number of aryl methyl sites for hydroxylation is 1. The highest BCUT2D eigenvalue weighted by molar-refractivity contribution is 6.00. The Morgan fingerprint density at radius 2 is 2.14 bits per heavy atom. The van der Waals surface area contributed by atoms with E-state index in [0.29, 0.717) is 19.8 Å². The minimum atomic E-state index is -0.217. The maximum atomic E-state index is 12.4. The zero-order valence-electron chi connectivity index (χ0n) is 16.0. The molecule has 1 aliphatic carbocycles. The average molecular weight is 393 g/mol. The van der Waals surface area contributed by atoms with Crippen molar-refractivity contribution in [3.05, 3.63) is 47.3 Å². The van der Waals surface area contributed by atoms with Crippen molar-refractivity contribution in [3.63, 3.8) is 0 Å². The SMILES string of the molecule is C=CC(=O)N[C@@H]1COC[C@@H]1Nc1cc2c(cn1)CCc1c-2[nH]c2c1C(=O)NCC2. The van der Waals surface area contributed by atoms with Crippen LogP contribution < -0.4 is 16.0 Å². The number of rotatable bonds is 4. The van der Waals surface area contributed by atoms with Crippen molar-refractivity contribution in [2.24, 2.45) is 0 Å². The molecule has 1 saturated heterocycles. The summed E-state index contributed by atoms with van der Waals surface area (Å²) in [5.41, 5.74) is 6.21. The molecule has 0 bridgehead atoms. The predicted molar refractivity (Wildman–Crippen MR) is 108 cm³/mol. The highest BCUT2D eigenvalue weighted by Gasteiger charge is 2.31. The molecule has 2 aliphatic heterocycles. The third-order valence-electron chi connectivity index (χ3n) is 5.90. The van der Waals surface area contributed by atoms with Gasteiger partial charge >= 0.3 is 0 Å². The maximum absolute atomic E-state index is 12.4. The minimum Gasteiger partial charge on any atom is -0.377 e. The predicted octanol–water partition coefficient (Wildman–Crippen LogP) is 0.943. The molecule has 0 spiro atoms. The van der Waals surface area contributed by atoms with Crippen LogP contribution in [0.4, 0.5) is 5.82 Å². The topological polar surface area (TPSA) is 108 Å². The third kappa shape index (κ3) is 3.09. The zero-order valence-corrected chi connectivity index (χ0v) is 16.0. The first-order chi connectivity index (χ1) is 14.1. The van der Waals surface area contributed by atoms with E-state index < -0.39 is 0 Å². The molecule has 4 N–H and O–H groups in total. The van der Waals surface area contributed by atoms with Crippen LogP contribution in [0.5, 0.6) is 0 Å². The number of H-pyrrole nitrogens is 1. The summed E-state index contributed by atoms with van der Waals surface area (Å²) < 4.78 is 5.53. The smallest absolute Gasteiger partial charge is 0.253 e. The molecular formula is C21H23N5O3. The lowest BCUT2D eigenvalue weighted by molar-refractivity contribution is -0.117. The van der Waals surface area contributed by atoms with Crippen LogP contribution in [-0.4, -0.2) is 53.6 Å². The van der Waals surface area contributed by atoms with E-state index in [1.165, 1.54) is 11.6 Å². The first-order valence-corrected chi connectivity index (χ1v) is 9.92. The van der Waals surface area contributed by atoms with Crippen LogP contribution in [0.2, 0.25) is 0 Å². The monoisotopic (exact) mass is 393 g/mol. The highest BCUT2D eigenvalue weighted by Crippen LogP contribution is 2.38. The van der Waals surface area contributed by atoms with Gasteiger partial charge in [-0.15, -0.1) is 0 Å². The van der Waals surface area contributed by atoms with Crippen LogP contribution in [0.25, 0.3) is 11.3 Å². The van der Waals surface area contributed by atoms with Gasteiger partial charge in [-0.05, 0) is 36.1 Å². The van der Waals surface area contributed by atoms with Gasteiger partial charge in [-0.3, -0.25) is 9.59 Å². The molecule has 8 nitrogen and oxygen atoms in total. The quantitative estimate of drug-likeness (QED) is 0.579. The van der Waals surface area contributed by atoms with Gasteiger partial charge in [-0.25, -0.2) is 4.98 Å². The second-order valence-electron chi connectivity index (χ2n) is 7.67. The molecule has 3 aliphatic rings. The van der Waals surface area contributed by atoms with Crippen LogP contribution in [0.3, 0.4) is 0 Å². The van der Waals surface area contributed by atoms with Crippen LogP contribution in [0.15, 0.2) is 24.9 Å². The number of nitrogens with zero attached hydrogens (tertiary/aromatic N) is 1. The van der Waals surface area contributed by atoms with Crippen molar-refractivity contribution < 1.29 is 14.3 Å². The molecule has 8 heteroatoms. The lowest BCUT2D eigenvalue weighted by Crippen LogP contribution is -2.45. The van der Waals surface area contributed by atoms with Gasteiger partial charge < -0.3 is 25.7 Å². The van der Waals surface area contributed by atoms with E-state index in [2.05, 4.69) is 32.5 Å². The maximum Gasteiger partial charge on any atom is 0.253 e. The first-order valence-electron chi connectivity index (χ1n) is 9.92. The molecule has 0 aromatic carbocycles. The standard InChI is InChI=1S/C21H23N5O3/c1-2-18(27)25-16-10-29-9-15(16)24-17-7-13-11(8-23-17)3-4-12-19-14(26-20(12)13)5-6-22-21(19)28/h2,7-8,15-16,26H,1,3-6,9-10H2,(H,22,28)(H,23,24)(H,25,27)/t15-,16+/m0/s1. The van der Waals surface area contributed by atoms with Crippen LogP contribution >= 0.6 is 0 Å². The normalized spacial score (nSPS) is 22.1. The number of nitrogens with one attached hydrogen (secondary N) is 4. The summed E-state index contributed by atoms with van der Waals surface area (Å²) in [6.45, 7) is 5.10. The van der Waals surface area contributed by atoms with Crippen molar-refractivity contribution in [2.45, 2.75) is 31.3 Å². The largest absolute Gasteiger partial charge is 0.377 e. The van der Waals surface area contributed by atoms with Crippen molar-refractivity contribution in [1.29, 1.82) is 0 Å². The second kappa shape index (κ2) is 7.04. The van der Waals surface area contributed by atoms with E-state index in [4.69, 9.17) is 4.74 Å². The van der Waals surface area contributed by atoms with Gasteiger partial charge in [0.2, 0.25) is 5.91 Å². The Morgan fingerprint density at radius 1 is 1.28 bits per heavy atom. The van der Waals surface area contributed by atoms with Gasteiger partial charge in [-0.1, -0.05) is 6.58 Å². The van der Waals surface area contributed by atoms with Gasteiger partial charge in [-0.2, -0.15) is 0 Å². The summed E-state index contributed by atoms with van der Waals surface area (Å²) >= 11 is 0.